The summed E-state index contributed by atoms with van der Waals surface area (Å²) < 4.78 is 91.2. The number of nitrogens with zero attached hydrogens (tertiary/aromatic N) is 10. The molecule has 0 aliphatic heterocycles. The fourth-order valence-electron chi connectivity index (χ4n) is 5.23. The molecule has 0 saturated carbocycles. The lowest BCUT2D eigenvalue weighted by Crippen LogP contribution is -2.08. The van der Waals surface area contributed by atoms with Gasteiger partial charge in [0.25, 0.3) is 0 Å². The van der Waals surface area contributed by atoms with E-state index >= 15 is 0 Å². The van der Waals surface area contributed by atoms with E-state index in [1.807, 2.05) is 24.3 Å². The third kappa shape index (κ3) is 12.6. The maximum Gasteiger partial charge on any atom is 0.416 e. The van der Waals surface area contributed by atoms with E-state index in [1.165, 1.54) is 12.7 Å². The molecule has 14 nitrogen and oxygen atoms in total. The molecule has 0 radical (unpaired) electrons. The van der Waals surface area contributed by atoms with E-state index < -0.39 is 29.4 Å². The van der Waals surface area contributed by atoms with Gasteiger partial charge in [0.2, 0.25) is 11.8 Å². The Kier molecular flexibility index (Phi) is 13.9. The van der Waals surface area contributed by atoms with Crippen molar-refractivity contribution in [1.29, 1.82) is 0 Å². The number of benzene rings is 2. The first kappa shape index (κ1) is 42.9. The van der Waals surface area contributed by atoms with Crippen molar-refractivity contribution >= 4 is 34.0 Å². The van der Waals surface area contributed by atoms with Crippen LogP contribution in [0.3, 0.4) is 0 Å². The molecule has 8 aromatic rings. The second-order valence-corrected chi connectivity index (χ2v) is 12.4. The van der Waals surface area contributed by atoms with Crippen LogP contribution in [-0.2, 0) is 25.2 Å². The molecule has 6 aromatic heterocycles. The highest BCUT2D eigenvalue weighted by Crippen LogP contribution is 2.32. The molecule has 0 saturated heterocycles. The Morgan fingerprint density at radius 3 is 1.48 bits per heavy atom. The summed E-state index contributed by atoms with van der Waals surface area (Å²) in [5.74, 6) is 0.718. The van der Waals surface area contributed by atoms with Crippen molar-refractivity contribution < 1.29 is 40.6 Å². The van der Waals surface area contributed by atoms with Crippen molar-refractivity contribution in [1.82, 2.24) is 49.8 Å². The zero-order valence-electron chi connectivity index (χ0n) is 31.3. The molecule has 312 valence electrons. The van der Waals surface area contributed by atoms with Gasteiger partial charge in [0.05, 0.1) is 11.1 Å². The van der Waals surface area contributed by atoms with Gasteiger partial charge in [0, 0.05) is 62.4 Å². The number of aromatic hydroxyl groups is 1. The van der Waals surface area contributed by atoms with Gasteiger partial charge in [-0.1, -0.05) is 24.3 Å². The number of fused-ring (bicyclic) bond motifs is 2. The van der Waals surface area contributed by atoms with Gasteiger partial charge in [-0.3, -0.25) is 0 Å². The van der Waals surface area contributed by atoms with Crippen LogP contribution >= 0.6 is 0 Å². The monoisotopic (exact) mass is 844 g/mol. The highest BCUT2D eigenvalue weighted by molar-refractivity contribution is 5.82. The first-order valence-electron chi connectivity index (χ1n) is 17.9. The van der Waals surface area contributed by atoms with Crippen LogP contribution in [0.15, 0.2) is 123 Å². The average molecular weight is 845 g/mol. The molecule has 0 spiro atoms. The Balaban J connectivity index is 0.000000172. The number of hydrogen-bond donors (Lipinski definition) is 3. The van der Waals surface area contributed by atoms with Crippen molar-refractivity contribution in [2.24, 2.45) is 0 Å². The molecule has 61 heavy (non-hydrogen) atoms. The van der Waals surface area contributed by atoms with Crippen molar-refractivity contribution in [3.8, 4) is 17.4 Å². The predicted octanol–water partition coefficient (Wildman–Crippen LogP) is 8.30. The number of anilines is 2. The van der Waals surface area contributed by atoms with E-state index in [-0.39, 0.29) is 11.6 Å². The molecule has 0 aliphatic carbocycles. The topological polar surface area (TPSA) is 182 Å². The van der Waals surface area contributed by atoms with E-state index in [1.54, 1.807) is 49.1 Å². The van der Waals surface area contributed by atoms with Crippen molar-refractivity contribution in [2.75, 3.05) is 23.7 Å². The minimum absolute atomic E-state index is 0.115. The molecular formula is C40H31F7N12O2. The van der Waals surface area contributed by atoms with Crippen LogP contribution in [-0.4, -0.2) is 68.0 Å². The van der Waals surface area contributed by atoms with Crippen molar-refractivity contribution in [3.63, 3.8) is 0 Å². The van der Waals surface area contributed by atoms with Crippen LogP contribution in [0.4, 0.5) is 42.4 Å². The molecule has 3 N–H and O–H groups in total. The molecule has 0 aliphatic rings. The number of phenols is 1. The number of alkyl halides is 6. The quantitative estimate of drug-likeness (QED) is 0.0883. The highest BCUT2D eigenvalue weighted by atomic mass is 19.4. The normalized spacial score (nSPS) is 11.2. The number of phenolic OH excluding ortho intramolecular Hbond substituents is 1. The first-order valence-corrected chi connectivity index (χ1v) is 17.9. The maximum atomic E-state index is 12.8. The Hall–Kier alpha value is -7.71. The number of ether oxygens (including phenoxy) is 1. The summed E-state index contributed by atoms with van der Waals surface area (Å²) in [6.45, 7) is 1.31. The summed E-state index contributed by atoms with van der Waals surface area (Å²) in [7, 11) is 0. The van der Waals surface area contributed by atoms with Gasteiger partial charge in [0.1, 0.15) is 35.2 Å². The molecule has 21 heteroatoms. The Bertz CT molecular complexity index is 2650. The lowest BCUT2D eigenvalue weighted by molar-refractivity contribution is -0.138. The van der Waals surface area contributed by atoms with Crippen LogP contribution in [0.25, 0.3) is 22.3 Å². The second kappa shape index (κ2) is 19.8. The van der Waals surface area contributed by atoms with Gasteiger partial charge in [-0.25, -0.2) is 49.8 Å². The minimum Gasteiger partial charge on any atom is -0.508 e. The number of nitrogens with one attached hydrogen (secondary N) is 2. The van der Waals surface area contributed by atoms with Crippen LogP contribution < -0.4 is 15.4 Å². The molecule has 0 amide bonds. The van der Waals surface area contributed by atoms with Crippen LogP contribution in [0.1, 0.15) is 22.3 Å². The molecular weight excluding hydrogens is 814 g/mol. The number of halogens is 7. The number of aromatic nitrogens is 10. The Morgan fingerprint density at radius 2 is 0.984 bits per heavy atom. The summed E-state index contributed by atoms with van der Waals surface area (Å²) in [4.78, 5) is 40.1. The summed E-state index contributed by atoms with van der Waals surface area (Å²) in [6.07, 6.45) is 3.69. The maximum absolute atomic E-state index is 12.8. The molecule has 8 rings (SSSR count). The summed E-state index contributed by atoms with van der Waals surface area (Å²) in [5, 5.41) is 15.7. The molecule has 6 heterocycles. The van der Waals surface area contributed by atoms with Crippen LogP contribution in [0.2, 0.25) is 0 Å². The number of pyridine rings is 2. The fraction of sp³-hybridized carbons (Fsp3) is 0.150. The zero-order valence-corrected chi connectivity index (χ0v) is 31.3. The second-order valence-electron chi connectivity index (χ2n) is 12.4. The highest BCUT2D eigenvalue weighted by Gasteiger charge is 2.31. The third-order valence-corrected chi connectivity index (χ3v) is 8.15. The number of rotatable bonds is 10. The first-order chi connectivity index (χ1) is 29.3. The number of hydrogen-bond acceptors (Lipinski definition) is 14. The van der Waals surface area contributed by atoms with E-state index in [0.29, 0.717) is 71.4 Å². The Labute approximate surface area is 341 Å². The van der Waals surface area contributed by atoms with E-state index in [4.69, 9.17) is 4.74 Å². The molecule has 0 unspecified atom stereocenters. The third-order valence-electron chi connectivity index (χ3n) is 8.15. The van der Waals surface area contributed by atoms with Crippen LogP contribution in [0.5, 0.6) is 17.4 Å². The zero-order chi connectivity index (χ0) is 43.2. The average Bonchev–Trinajstić information content (AvgIpc) is 3.25. The summed E-state index contributed by atoms with van der Waals surface area (Å²) in [5.41, 5.74) is 2.67. The smallest absolute Gasteiger partial charge is 0.416 e. The lowest BCUT2D eigenvalue weighted by Gasteiger charge is -2.10. The lowest BCUT2D eigenvalue weighted by atomic mass is 10.1. The van der Waals surface area contributed by atoms with E-state index in [9.17, 15) is 35.8 Å². The minimum atomic E-state index is -4.50. The Morgan fingerprint density at radius 1 is 0.508 bits per heavy atom. The fourth-order valence-corrected chi connectivity index (χ4v) is 5.23. The SMILES string of the molecule is FC(F)(F)c1ccnc(Oc2ccc(CCNc3ncnc4nccnc34)cc2)c1.Fc1cc(C(F)(F)F)ccn1.Oc1ccc(CCNc2ncnc3nccnc23)cc1. The summed E-state index contributed by atoms with van der Waals surface area (Å²) in [6, 6.07) is 17.0. The molecule has 0 bridgehead atoms. The standard InChI is InChI=1S/C20H15F3N6O.C14H13N5O.C6H3F4N/c21-20(22,23)14-6-8-24-16(11-14)30-15-3-1-13(2-4-15)5-7-26-18-17-19(29-12-28-18)27-10-9-25-17;20-11-3-1-10(2-4-11)5-6-16-13-12-14(19-9-18-13)17-8-7-15-12;7-5-3-4(1-2-11-5)6(8,9)10/h1-4,6,8-12H,5,7H2,(H,26,27,28,29);1-4,7-9,20H,5-6H2,(H,16,17,18,19);1-3H. The van der Waals surface area contributed by atoms with Gasteiger partial charge in [0.15, 0.2) is 22.9 Å². The largest absolute Gasteiger partial charge is 0.508 e. The molecule has 2 aromatic carbocycles. The van der Waals surface area contributed by atoms with Crippen LogP contribution in [0, 0.1) is 5.95 Å². The van der Waals surface area contributed by atoms with Gasteiger partial charge in [-0.15, -0.1) is 0 Å². The molecule has 0 atom stereocenters. The van der Waals surface area contributed by atoms with Gasteiger partial charge in [-0.05, 0) is 60.4 Å². The van der Waals surface area contributed by atoms with Gasteiger partial charge < -0.3 is 20.5 Å². The predicted molar refractivity (Wildman–Crippen MR) is 208 cm³/mol. The van der Waals surface area contributed by atoms with Crippen molar-refractivity contribution in [3.05, 3.63) is 151 Å². The van der Waals surface area contributed by atoms with E-state index in [0.717, 1.165) is 42.1 Å². The van der Waals surface area contributed by atoms with Crippen molar-refractivity contribution in [2.45, 2.75) is 25.2 Å². The summed E-state index contributed by atoms with van der Waals surface area (Å²) >= 11 is 0. The van der Waals surface area contributed by atoms with E-state index in [2.05, 4.69) is 60.5 Å². The van der Waals surface area contributed by atoms with Gasteiger partial charge >= 0.3 is 12.4 Å². The molecule has 0 fully saturated rings. The van der Waals surface area contributed by atoms with Gasteiger partial charge in [-0.2, -0.15) is 30.7 Å².